The lowest BCUT2D eigenvalue weighted by Gasteiger charge is -2.49. The Morgan fingerprint density at radius 2 is 1.85 bits per heavy atom. The third-order valence-corrected chi connectivity index (χ3v) is 8.89. The maximum Gasteiger partial charge on any atom is 0.261 e. The predicted molar refractivity (Wildman–Crippen MR) is 115 cm³/mol. The van der Waals surface area contributed by atoms with E-state index in [0.29, 0.717) is 27.0 Å². The molecule has 8 heteroatoms. The molecule has 4 heterocycles. The van der Waals surface area contributed by atoms with Gasteiger partial charge in [0.05, 0.1) is 24.2 Å². The van der Waals surface area contributed by atoms with Crippen LogP contribution in [0.15, 0.2) is 33.4 Å². The lowest BCUT2D eigenvalue weighted by Crippen LogP contribution is -2.62. The van der Waals surface area contributed by atoms with Gasteiger partial charge in [0.25, 0.3) is 5.91 Å². The summed E-state index contributed by atoms with van der Waals surface area (Å²) in [7, 11) is 0. The van der Waals surface area contributed by atoms with E-state index in [2.05, 4.69) is 17.1 Å². The maximum atomic E-state index is 12.8. The quantitative estimate of drug-likeness (QED) is 0.561. The van der Waals surface area contributed by atoms with Crippen LogP contribution in [0.25, 0.3) is 0 Å². The van der Waals surface area contributed by atoms with Crippen molar-refractivity contribution in [3.05, 3.63) is 44.2 Å². The van der Waals surface area contributed by atoms with E-state index in [-0.39, 0.29) is 11.9 Å². The second kappa shape index (κ2) is 8.13. The van der Waals surface area contributed by atoms with Gasteiger partial charge in [-0.15, -0.1) is 11.3 Å². The second-order valence-electron chi connectivity index (χ2n) is 7.03. The highest BCUT2D eigenvalue weighted by Crippen LogP contribution is 2.41. The Balaban J connectivity index is 1.45. The van der Waals surface area contributed by atoms with E-state index >= 15 is 0 Å². The summed E-state index contributed by atoms with van der Waals surface area (Å²) in [5, 5.41) is 4.73. The van der Waals surface area contributed by atoms with E-state index in [9.17, 15) is 4.79 Å². The summed E-state index contributed by atoms with van der Waals surface area (Å²) in [6.45, 7) is 4.53. The summed E-state index contributed by atoms with van der Waals surface area (Å²) < 4.78 is 0.988. The summed E-state index contributed by atoms with van der Waals surface area (Å²) in [6.07, 6.45) is 2.35. The van der Waals surface area contributed by atoms with E-state index in [1.807, 2.05) is 12.1 Å². The summed E-state index contributed by atoms with van der Waals surface area (Å²) in [5.74, 6) is 0.607. The molecule has 5 rings (SSSR count). The first kappa shape index (κ1) is 19.9. The largest absolute Gasteiger partial charge is 0.347 e. The molecule has 27 heavy (non-hydrogen) atoms. The van der Waals surface area contributed by atoms with Crippen molar-refractivity contribution >= 4 is 63.8 Å². The van der Waals surface area contributed by atoms with Crippen molar-refractivity contribution in [3.63, 3.8) is 0 Å². The first-order chi connectivity index (χ1) is 12.9. The minimum Gasteiger partial charge on any atom is -0.347 e. The van der Waals surface area contributed by atoms with Crippen LogP contribution in [0.2, 0.25) is 15.1 Å². The third kappa shape index (κ3) is 4.14. The molecule has 3 aliphatic rings. The highest BCUT2D eigenvalue weighted by Gasteiger charge is 2.40. The lowest BCUT2D eigenvalue weighted by atomic mass is 9.79. The molecular weight excluding hydrogens is 443 g/mol. The number of rotatable bonds is 4. The Bertz CT molecular complexity index is 863. The van der Waals surface area contributed by atoms with Crippen molar-refractivity contribution in [1.29, 1.82) is 0 Å². The fourth-order valence-corrected chi connectivity index (χ4v) is 6.71. The Hall–Kier alpha value is -0.430. The molecule has 1 aromatic heterocycles. The van der Waals surface area contributed by atoms with Gasteiger partial charge >= 0.3 is 0 Å². The number of carbonyl (C=O) groups excluding carboxylic acids is 1. The summed E-state index contributed by atoms with van der Waals surface area (Å²) in [5.41, 5.74) is 0. The number of hydrogen-bond donors (Lipinski definition) is 1. The molecule has 0 saturated carbocycles. The van der Waals surface area contributed by atoms with Crippen molar-refractivity contribution in [1.82, 2.24) is 10.2 Å². The molecule has 3 nitrogen and oxygen atoms in total. The molecule has 0 spiro atoms. The van der Waals surface area contributed by atoms with Crippen LogP contribution in [0.4, 0.5) is 0 Å². The summed E-state index contributed by atoms with van der Waals surface area (Å²) >= 11 is 21.3. The molecule has 0 unspecified atom stereocenters. The van der Waals surface area contributed by atoms with E-state index < -0.39 is 0 Å². The molecule has 1 aromatic carbocycles. The van der Waals surface area contributed by atoms with Gasteiger partial charge in [0.2, 0.25) is 0 Å². The number of thiophene rings is 1. The zero-order chi connectivity index (χ0) is 19.1. The first-order valence-corrected chi connectivity index (χ1v) is 11.7. The summed E-state index contributed by atoms with van der Waals surface area (Å²) in [6, 6.07) is 7.87. The van der Waals surface area contributed by atoms with Crippen LogP contribution in [0.1, 0.15) is 29.4 Å². The first-order valence-electron chi connectivity index (χ1n) is 8.89. The molecule has 3 aliphatic heterocycles. The van der Waals surface area contributed by atoms with Gasteiger partial charge < -0.3 is 5.32 Å². The smallest absolute Gasteiger partial charge is 0.261 e. The van der Waals surface area contributed by atoms with E-state index in [1.54, 1.807) is 12.1 Å². The van der Waals surface area contributed by atoms with E-state index in [1.165, 1.54) is 35.9 Å². The molecule has 2 aromatic rings. The van der Waals surface area contributed by atoms with Crippen molar-refractivity contribution in [2.45, 2.75) is 41.0 Å². The van der Waals surface area contributed by atoms with Crippen molar-refractivity contribution < 1.29 is 4.79 Å². The third-order valence-electron chi connectivity index (χ3n) is 5.47. The van der Waals surface area contributed by atoms with Crippen LogP contribution in [-0.4, -0.2) is 36.0 Å². The van der Waals surface area contributed by atoms with Crippen molar-refractivity contribution in [2.24, 2.45) is 5.92 Å². The molecule has 144 valence electrons. The number of amides is 1. The fourth-order valence-electron chi connectivity index (χ4n) is 3.96. The molecule has 3 saturated heterocycles. The van der Waals surface area contributed by atoms with Crippen LogP contribution in [0.5, 0.6) is 0 Å². The molecule has 1 N–H and O–H groups in total. The minimum absolute atomic E-state index is 0.0117. The monoisotopic (exact) mass is 460 g/mol. The summed E-state index contributed by atoms with van der Waals surface area (Å²) in [4.78, 5) is 16.8. The number of hydrogen-bond acceptors (Lipinski definition) is 4. The second-order valence-corrected chi connectivity index (χ2v) is 10.7. The minimum atomic E-state index is 0.0117. The van der Waals surface area contributed by atoms with Crippen LogP contribution in [0.3, 0.4) is 0 Å². The standard InChI is InChI=1S/C19H19Cl3N2OS2/c1-10-18(11-4-6-24(10)7-5-11)23-19(25)15-2-3-17(26-15)27-16-9-13(21)12(20)8-14(16)22/h2-3,8-11,18H,4-7H2,1H3,(H,23,25)/t10-,18-/m0/s1. The molecule has 1 amide bonds. The zero-order valence-corrected chi connectivity index (χ0v) is 18.6. The van der Waals surface area contributed by atoms with Crippen molar-refractivity contribution in [2.75, 3.05) is 13.1 Å². The molecule has 0 radical (unpaired) electrons. The van der Waals surface area contributed by atoms with E-state index in [4.69, 9.17) is 34.8 Å². The van der Waals surface area contributed by atoms with Crippen LogP contribution < -0.4 is 5.32 Å². The number of piperidine rings is 3. The predicted octanol–water partition coefficient (Wildman–Crippen LogP) is 6.07. The Morgan fingerprint density at radius 1 is 1.15 bits per heavy atom. The van der Waals surface area contributed by atoms with Crippen LogP contribution in [0, 0.1) is 5.92 Å². The van der Waals surface area contributed by atoms with Crippen molar-refractivity contribution in [3.8, 4) is 0 Å². The van der Waals surface area contributed by atoms with Gasteiger partial charge in [-0.2, -0.15) is 0 Å². The Kier molecular flexibility index (Phi) is 5.98. The molecular formula is C19H19Cl3N2OS2. The number of halogens is 3. The zero-order valence-electron chi connectivity index (χ0n) is 14.7. The fraction of sp³-hybridized carbons (Fsp3) is 0.421. The average molecular weight is 462 g/mol. The van der Waals surface area contributed by atoms with Gasteiger partial charge in [0, 0.05) is 17.0 Å². The molecule has 2 atom stereocenters. The van der Waals surface area contributed by atoms with Gasteiger partial charge in [0.15, 0.2) is 0 Å². The number of nitrogens with zero attached hydrogens (tertiary/aromatic N) is 1. The van der Waals surface area contributed by atoms with Gasteiger partial charge in [-0.05, 0) is 63.0 Å². The van der Waals surface area contributed by atoms with Gasteiger partial charge in [-0.25, -0.2) is 0 Å². The number of nitrogens with one attached hydrogen (secondary N) is 1. The normalized spacial score (nSPS) is 27.0. The van der Waals surface area contributed by atoms with Crippen LogP contribution >= 0.6 is 57.9 Å². The number of benzene rings is 1. The molecule has 0 aliphatic carbocycles. The topological polar surface area (TPSA) is 32.3 Å². The van der Waals surface area contributed by atoms with Gasteiger partial charge in [0.1, 0.15) is 0 Å². The highest BCUT2D eigenvalue weighted by atomic mass is 35.5. The molecule has 2 bridgehead atoms. The Labute approximate surface area is 182 Å². The van der Waals surface area contributed by atoms with Crippen LogP contribution in [-0.2, 0) is 0 Å². The lowest BCUT2D eigenvalue weighted by molar-refractivity contribution is 0.0218. The molecule has 3 fully saturated rings. The number of carbonyl (C=O) groups is 1. The highest BCUT2D eigenvalue weighted by molar-refractivity contribution is 8.01. The average Bonchev–Trinajstić information content (AvgIpc) is 3.12. The maximum absolute atomic E-state index is 12.8. The Morgan fingerprint density at radius 3 is 2.56 bits per heavy atom. The van der Waals surface area contributed by atoms with E-state index in [0.717, 1.165) is 27.1 Å². The van der Waals surface area contributed by atoms with Gasteiger partial charge in [-0.3, -0.25) is 9.69 Å². The SMILES string of the molecule is C[C@H]1[C@H](NC(=O)c2ccc(Sc3cc(Cl)c(Cl)cc3Cl)s2)C2CCN1CC2. The van der Waals surface area contributed by atoms with Gasteiger partial charge in [-0.1, -0.05) is 46.6 Å². The number of fused-ring (bicyclic) bond motifs is 3.